The van der Waals surface area contributed by atoms with Gasteiger partial charge in [-0.2, -0.15) is 0 Å². The molecule has 6 heteroatoms. The van der Waals surface area contributed by atoms with Gasteiger partial charge in [0.1, 0.15) is 11.4 Å². The highest BCUT2D eigenvalue weighted by molar-refractivity contribution is 7.99. The van der Waals surface area contributed by atoms with Crippen LogP contribution in [0.15, 0.2) is 60.7 Å². The molecule has 1 aliphatic heterocycles. The zero-order valence-electron chi connectivity index (χ0n) is 15.7. The molecule has 1 aliphatic rings. The minimum atomic E-state index is -0.635. The number of ether oxygens (including phenoxy) is 1. The molecule has 0 N–H and O–H groups in total. The Kier molecular flexibility index (Phi) is 6.81. The second kappa shape index (κ2) is 9.30. The highest BCUT2D eigenvalue weighted by atomic mass is 35.5. The third-order valence-corrected chi connectivity index (χ3v) is 5.79. The summed E-state index contributed by atoms with van der Waals surface area (Å²) in [5, 5.41) is 0.301. The van der Waals surface area contributed by atoms with Crippen LogP contribution in [0.5, 0.6) is 0 Å². The standard InChI is InChI=1S/C22H22ClNO3S/c1-15(2)27-22(26)19-14-28-21(17-9-6-10-18(23)13-17)24(19)20(25)12-11-16-7-4-3-5-8-16/h3-13,15,19,21H,14H2,1-2H3/b12-11+/t19-,21-/m0/s1. The molecule has 1 heterocycles. The number of hydrogen-bond donors (Lipinski definition) is 0. The van der Waals surface area contributed by atoms with Crippen molar-refractivity contribution >= 4 is 41.3 Å². The Balaban J connectivity index is 1.89. The molecule has 1 amide bonds. The number of carbonyl (C=O) groups is 2. The fourth-order valence-corrected chi connectivity index (χ4v) is 4.61. The summed E-state index contributed by atoms with van der Waals surface area (Å²) < 4.78 is 5.39. The van der Waals surface area contributed by atoms with Crippen molar-refractivity contribution in [3.05, 3.63) is 76.8 Å². The maximum absolute atomic E-state index is 13.1. The molecule has 1 fully saturated rings. The van der Waals surface area contributed by atoms with Crippen LogP contribution < -0.4 is 0 Å². The van der Waals surface area contributed by atoms with Crippen LogP contribution in [0.2, 0.25) is 5.02 Å². The van der Waals surface area contributed by atoms with Crippen molar-refractivity contribution in [3.63, 3.8) is 0 Å². The molecule has 0 radical (unpaired) electrons. The van der Waals surface area contributed by atoms with Gasteiger partial charge in [0.25, 0.3) is 0 Å². The van der Waals surface area contributed by atoms with Gasteiger partial charge in [0.05, 0.1) is 6.10 Å². The number of thioether (sulfide) groups is 1. The van der Waals surface area contributed by atoms with Gasteiger partial charge >= 0.3 is 5.97 Å². The lowest BCUT2D eigenvalue weighted by Crippen LogP contribution is -2.43. The van der Waals surface area contributed by atoms with Gasteiger partial charge in [-0.15, -0.1) is 11.8 Å². The van der Waals surface area contributed by atoms with Gasteiger partial charge in [0, 0.05) is 16.9 Å². The lowest BCUT2D eigenvalue weighted by atomic mass is 10.1. The summed E-state index contributed by atoms with van der Waals surface area (Å²) in [6, 6.07) is 16.3. The Morgan fingerprint density at radius 2 is 1.93 bits per heavy atom. The molecule has 0 bridgehead atoms. The average Bonchev–Trinajstić information content (AvgIpc) is 3.12. The van der Waals surface area contributed by atoms with Gasteiger partial charge in [-0.25, -0.2) is 4.79 Å². The Hall–Kier alpha value is -2.24. The van der Waals surface area contributed by atoms with E-state index in [9.17, 15) is 9.59 Å². The van der Waals surface area contributed by atoms with E-state index < -0.39 is 6.04 Å². The lowest BCUT2D eigenvalue weighted by molar-refractivity contribution is -0.156. The molecule has 0 aromatic heterocycles. The number of benzene rings is 2. The third-order valence-electron chi connectivity index (χ3n) is 4.23. The number of rotatable bonds is 5. The molecule has 28 heavy (non-hydrogen) atoms. The summed E-state index contributed by atoms with van der Waals surface area (Å²) in [6.07, 6.45) is 3.03. The van der Waals surface area contributed by atoms with Gasteiger partial charge in [-0.05, 0) is 43.2 Å². The van der Waals surface area contributed by atoms with Crippen molar-refractivity contribution in [3.8, 4) is 0 Å². The average molecular weight is 416 g/mol. The van der Waals surface area contributed by atoms with Crippen LogP contribution in [0.3, 0.4) is 0 Å². The van der Waals surface area contributed by atoms with Gasteiger partial charge in [0.2, 0.25) is 5.91 Å². The predicted molar refractivity (Wildman–Crippen MR) is 114 cm³/mol. The summed E-state index contributed by atoms with van der Waals surface area (Å²) in [5.41, 5.74) is 1.81. The Morgan fingerprint density at radius 1 is 1.18 bits per heavy atom. The first kappa shape index (κ1) is 20.5. The second-order valence-corrected chi connectivity index (χ2v) is 8.28. The molecule has 0 spiro atoms. The molecule has 146 valence electrons. The van der Waals surface area contributed by atoms with E-state index >= 15 is 0 Å². The monoisotopic (exact) mass is 415 g/mol. The van der Waals surface area contributed by atoms with E-state index in [-0.39, 0.29) is 23.4 Å². The maximum Gasteiger partial charge on any atom is 0.330 e. The Bertz CT molecular complexity index is 869. The molecular weight excluding hydrogens is 394 g/mol. The van der Waals surface area contributed by atoms with Crippen molar-refractivity contribution in [1.82, 2.24) is 4.90 Å². The van der Waals surface area contributed by atoms with Crippen LogP contribution in [0, 0.1) is 0 Å². The van der Waals surface area contributed by atoms with Crippen LogP contribution in [-0.2, 0) is 14.3 Å². The zero-order chi connectivity index (χ0) is 20.1. The lowest BCUT2D eigenvalue weighted by Gasteiger charge is -2.28. The molecule has 2 aromatic rings. The second-order valence-electron chi connectivity index (χ2n) is 6.73. The van der Waals surface area contributed by atoms with Crippen LogP contribution in [0.25, 0.3) is 6.08 Å². The number of amides is 1. The first-order valence-corrected chi connectivity index (χ1v) is 10.5. The molecule has 1 saturated heterocycles. The predicted octanol–water partition coefficient (Wildman–Crippen LogP) is 4.95. The van der Waals surface area contributed by atoms with Crippen LogP contribution >= 0.6 is 23.4 Å². The number of halogens is 1. The highest BCUT2D eigenvalue weighted by Crippen LogP contribution is 2.42. The van der Waals surface area contributed by atoms with E-state index in [4.69, 9.17) is 16.3 Å². The van der Waals surface area contributed by atoms with E-state index in [1.807, 2.05) is 48.5 Å². The maximum atomic E-state index is 13.1. The van der Waals surface area contributed by atoms with Crippen molar-refractivity contribution in [2.75, 3.05) is 5.75 Å². The van der Waals surface area contributed by atoms with Crippen molar-refractivity contribution in [1.29, 1.82) is 0 Å². The first-order valence-electron chi connectivity index (χ1n) is 9.08. The SMILES string of the molecule is CC(C)OC(=O)[C@@H]1CS[C@@H](c2cccc(Cl)c2)N1C(=O)/C=C/c1ccccc1. The van der Waals surface area contributed by atoms with Crippen molar-refractivity contribution in [2.45, 2.75) is 31.4 Å². The summed E-state index contributed by atoms with van der Waals surface area (Å²) in [5.74, 6) is -0.133. The minimum absolute atomic E-state index is 0.232. The van der Waals surface area contributed by atoms with E-state index in [0.29, 0.717) is 10.8 Å². The molecular formula is C22H22ClNO3S. The zero-order valence-corrected chi connectivity index (χ0v) is 17.3. The summed E-state index contributed by atoms with van der Waals surface area (Å²) >= 11 is 7.68. The fourth-order valence-electron chi connectivity index (χ4n) is 3.00. The van der Waals surface area contributed by atoms with Crippen molar-refractivity contribution in [2.24, 2.45) is 0 Å². The van der Waals surface area contributed by atoms with E-state index in [2.05, 4.69) is 0 Å². The normalized spacial score (nSPS) is 19.4. The van der Waals surface area contributed by atoms with Crippen LogP contribution in [0.4, 0.5) is 0 Å². The van der Waals surface area contributed by atoms with Gasteiger partial charge in [0.15, 0.2) is 0 Å². The molecule has 3 rings (SSSR count). The quantitative estimate of drug-likeness (QED) is 0.512. The van der Waals surface area contributed by atoms with E-state index in [0.717, 1.165) is 11.1 Å². The van der Waals surface area contributed by atoms with Crippen molar-refractivity contribution < 1.29 is 14.3 Å². The Morgan fingerprint density at radius 3 is 2.61 bits per heavy atom. The molecule has 2 aromatic carbocycles. The Labute approximate surface area is 174 Å². The fraction of sp³-hybridized carbons (Fsp3) is 0.273. The topological polar surface area (TPSA) is 46.6 Å². The number of esters is 1. The molecule has 0 unspecified atom stereocenters. The number of hydrogen-bond acceptors (Lipinski definition) is 4. The smallest absolute Gasteiger partial charge is 0.330 e. The largest absolute Gasteiger partial charge is 0.461 e. The minimum Gasteiger partial charge on any atom is -0.461 e. The molecule has 0 saturated carbocycles. The highest BCUT2D eigenvalue weighted by Gasteiger charge is 2.42. The molecule has 2 atom stereocenters. The van der Waals surface area contributed by atoms with Crippen LogP contribution in [0.1, 0.15) is 30.3 Å². The molecule has 4 nitrogen and oxygen atoms in total. The van der Waals surface area contributed by atoms with E-state index in [1.54, 1.807) is 30.9 Å². The summed E-state index contributed by atoms with van der Waals surface area (Å²) in [6.45, 7) is 3.60. The summed E-state index contributed by atoms with van der Waals surface area (Å²) in [7, 11) is 0. The van der Waals surface area contributed by atoms with Gasteiger partial charge in [-0.1, -0.05) is 54.1 Å². The van der Waals surface area contributed by atoms with E-state index in [1.165, 1.54) is 17.8 Å². The van der Waals surface area contributed by atoms with Gasteiger partial charge < -0.3 is 9.64 Å². The van der Waals surface area contributed by atoms with Gasteiger partial charge in [-0.3, -0.25) is 4.79 Å². The number of carbonyl (C=O) groups excluding carboxylic acids is 2. The first-order chi connectivity index (χ1) is 13.5. The molecule has 0 aliphatic carbocycles. The third kappa shape index (κ3) is 4.97. The van der Waals surface area contributed by atoms with Crippen LogP contribution in [-0.4, -0.2) is 34.7 Å². The number of nitrogens with zero attached hydrogens (tertiary/aromatic N) is 1. The summed E-state index contributed by atoms with van der Waals surface area (Å²) in [4.78, 5) is 27.3.